The second kappa shape index (κ2) is 6.57. The highest BCUT2D eigenvalue weighted by atomic mass is 16.5. The summed E-state index contributed by atoms with van der Waals surface area (Å²) in [5.41, 5.74) is 2.33. The van der Waals surface area contributed by atoms with E-state index >= 15 is 0 Å². The molecule has 0 aliphatic heterocycles. The molecule has 0 saturated carbocycles. The molecular formula is C17H17NO2. The van der Waals surface area contributed by atoms with E-state index in [2.05, 4.69) is 11.9 Å². The maximum atomic E-state index is 12.2. The smallest absolute Gasteiger partial charge is 0.255 e. The third-order valence-electron chi connectivity index (χ3n) is 2.77. The van der Waals surface area contributed by atoms with Gasteiger partial charge >= 0.3 is 0 Å². The molecule has 0 bridgehead atoms. The molecule has 20 heavy (non-hydrogen) atoms. The van der Waals surface area contributed by atoms with Crippen molar-refractivity contribution < 1.29 is 9.53 Å². The van der Waals surface area contributed by atoms with Crippen LogP contribution in [0.4, 0.5) is 5.69 Å². The molecule has 102 valence electrons. The second-order valence-corrected chi connectivity index (χ2v) is 4.42. The number of ether oxygens (including phenoxy) is 1. The number of aryl methyl sites for hydroxylation is 1. The zero-order valence-corrected chi connectivity index (χ0v) is 11.4. The standard InChI is InChI=1S/C17H17NO2/c1-3-11-20-16-10-5-4-9-15(16)18-17(19)14-8-6-7-13(2)12-14/h3-10,12H,1,11H2,2H3,(H,18,19). The number of nitrogens with one attached hydrogen (secondary N) is 1. The summed E-state index contributed by atoms with van der Waals surface area (Å²) >= 11 is 0. The molecule has 0 spiro atoms. The van der Waals surface area contributed by atoms with E-state index in [0.717, 1.165) is 5.56 Å². The molecule has 0 saturated heterocycles. The van der Waals surface area contributed by atoms with Crippen molar-refractivity contribution >= 4 is 11.6 Å². The average molecular weight is 267 g/mol. The minimum atomic E-state index is -0.150. The lowest BCUT2D eigenvalue weighted by Gasteiger charge is -2.11. The largest absolute Gasteiger partial charge is 0.487 e. The van der Waals surface area contributed by atoms with Crippen molar-refractivity contribution in [3.8, 4) is 5.75 Å². The third-order valence-corrected chi connectivity index (χ3v) is 2.77. The SMILES string of the molecule is C=CCOc1ccccc1NC(=O)c1cccc(C)c1. The molecule has 2 rings (SSSR count). The second-order valence-electron chi connectivity index (χ2n) is 4.42. The molecule has 0 unspecified atom stereocenters. The molecule has 1 N–H and O–H groups in total. The fourth-order valence-electron chi connectivity index (χ4n) is 1.83. The molecule has 0 radical (unpaired) electrons. The summed E-state index contributed by atoms with van der Waals surface area (Å²) in [4.78, 5) is 12.2. The summed E-state index contributed by atoms with van der Waals surface area (Å²) in [6, 6.07) is 14.8. The van der Waals surface area contributed by atoms with Crippen molar-refractivity contribution in [2.75, 3.05) is 11.9 Å². The van der Waals surface area contributed by atoms with Gasteiger partial charge in [0, 0.05) is 5.56 Å². The van der Waals surface area contributed by atoms with Gasteiger partial charge in [0.15, 0.2) is 0 Å². The summed E-state index contributed by atoms with van der Waals surface area (Å²) in [6.45, 7) is 5.97. The minimum absolute atomic E-state index is 0.150. The Balaban J connectivity index is 2.17. The van der Waals surface area contributed by atoms with Crippen LogP contribution in [0.2, 0.25) is 0 Å². The molecule has 3 nitrogen and oxygen atoms in total. The van der Waals surface area contributed by atoms with Gasteiger partial charge in [0.1, 0.15) is 12.4 Å². The fraction of sp³-hybridized carbons (Fsp3) is 0.118. The highest BCUT2D eigenvalue weighted by Gasteiger charge is 2.09. The molecular weight excluding hydrogens is 250 g/mol. The van der Waals surface area contributed by atoms with E-state index in [-0.39, 0.29) is 5.91 Å². The minimum Gasteiger partial charge on any atom is -0.487 e. The van der Waals surface area contributed by atoms with Crippen molar-refractivity contribution in [1.82, 2.24) is 0 Å². The highest BCUT2D eigenvalue weighted by molar-refractivity contribution is 6.05. The molecule has 3 heteroatoms. The summed E-state index contributed by atoms with van der Waals surface area (Å²) in [5, 5.41) is 2.86. The molecule has 2 aromatic rings. The first-order chi connectivity index (χ1) is 9.70. The first kappa shape index (κ1) is 13.9. The number of carbonyl (C=O) groups is 1. The maximum absolute atomic E-state index is 12.2. The quantitative estimate of drug-likeness (QED) is 0.836. The number of para-hydroxylation sites is 2. The first-order valence-electron chi connectivity index (χ1n) is 6.41. The Morgan fingerprint density at radius 1 is 1.25 bits per heavy atom. The molecule has 0 heterocycles. The van der Waals surface area contributed by atoms with E-state index in [1.54, 1.807) is 12.1 Å². The van der Waals surface area contributed by atoms with Crippen molar-refractivity contribution in [3.05, 3.63) is 72.3 Å². The van der Waals surface area contributed by atoms with Crippen LogP contribution in [-0.4, -0.2) is 12.5 Å². The van der Waals surface area contributed by atoms with Crippen molar-refractivity contribution in [2.45, 2.75) is 6.92 Å². The van der Waals surface area contributed by atoms with Crippen LogP contribution in [0.25, 0.3) is 0 Å². The van der Waals surface area contributed by atoms with E-state index < -0.39 is 0 Å². The maximum Gasteiger partial charge on any atom is 0.255 e. The summed E-state index contributed by atoms with van der Waals surface area (Å²) < 4.78 is 5.51. The van der Waals surface area contributed by atoms with Gasteiger partial charge in [0.25, 0.3) is 5.91 Å². The number of amides is 1. The van der Waals surface area contributed by atoms with Crippen LogP contribution in [0.5, 0.6) is 5.75 Å². The number of anilines is 1. The molecule has 0 aliphatic carbocycles. The first-order valence-corrected chi connectivity index (χ1v) is 6.41. The summed E-state index contributed by atoms with van der Waals surface area (Å²) in [7, 11) is 0. The van der Waals surface area contributed by atoms with Crippen LogP contribution in [0.3, 0.4) is 0 Å². The number of hydrogen-bond acceptors (Lipinski definition) is 2. The Hall–Kier alpha value is -2.55. The van der Waals surface area contributed by atoms with E-state index in [4.69, 9.17) is 4.74 Å². The van der Waals surface area contributed by atoms with Gasteiger partial charge in [-0.3, -0.25) is 4.79 Å². The van der Waals surface area contributed by atoms with E-state index in [1.807, 2.05) is 49.4 Å². The lowest BCUT2D eigenvalue weighted by molar-refractivity contribution is 0.102. The molecule has 0 aromatic heterocycles. The number of benzene rings is 2. The summed E-state index contributed by atoms with van der Waals surface area (Å²) in [6.07, 6.45) is 1.67. The number of hydrogen-bond donors (Lipinski definition) is 1. The Morgan fingerprint density at radius 2 is 2.05 bits per heavy atom. The lowest BCUT2D eigenvalue weighted by atomic mass is 10.1. The van der Waals surface area contributed by atoms with Crippen LogP contribution in [0.1, 0.15) is 15.9 Å². The van der Waals surface area contributed by atoms with Gasteiger partial charge in [-0.15, -0.1) is 0 Å². The Morgan fingerprint density at radius 3 is 2.80 bits per heavy atom. The van der Waals surface area contributed by atoms with E-state index in [9.17, 15) is 4.79 Å². The normalized spacial score (nSPS) is 9.85. The van der Waals surface area contributed by atoms with Crippen molar-refractivity contribution in [1.29, 1.82) is 0 Å². The molecule has 1 amide bonds. The summed E-state index contributed by atoms with van der Waals surface area (Å²) in [5.74, 6) is 0.483. The zero-order chi connectivity index (χ0) is 14.4. The molecule has 0 aliphatic rings. The van der Waals surface area contributed by atoms with Gasteiger partial charge in [0.05, 0.1) is 5.69 Å². The number of carbonyl (C=O) groups excluding carboxylic acids is 1. The van der Waals surface area contributed by atoms with Gasteiger partial charge in [-0.2, -0.15) is 0 Å². The van der Waals surface area contributed by atoms with Gasteiger partial charge in [-0.1, -0.05) is 42.5 Å². The third kappa shape index (κ3) is 3.48. The van der Waals surface area contributed by atoms with Gasteiger partial charge in [-0.05, 0) is 31.2 Å². The van der Waals surface area contributed by atoms with Crippen LogP contribution >= 0.6 is 0 Å². The van der Waals surface area contributed by atoms with Gasteiger partial charge < -0.3 is 10.1 Å². The van der Waals surface area contributed by atoms with Crippen molar-refractivity contribution in [2.24, 2.45) is 0 Å². The molecule has 0 fully saturated rings. The van der Waals surface area contributed by atoms with E-state index in [0.29, 0.717) is 23.6 Å². The van der Waals surface area contributed by atoms with Crippen LogP contribution in [0.15, 0.2) is 61.2 Å². The van der Waals surface area contributed by atoms with Crippen molar-refractivity contribution in [3.63, 3.8) is 0 Å². The Kier molecular flexibility index (Phi) is 4.56. The fourth-order valence-corrected chi connectivity index (χ4v) is 1.83. The highest BCUT2D eigenvalue weighted by Crippen LogP contribution is 2.24. The Labute approximate surface area is 118 Å². The van der Waals surface area contributed by atoms with Crippen LogP contribution < -0.4 is 10.1 Å². The lowest BCUT2D eigenvalue weighted by Crippen LogP contribution is -2.13. The van der Waals surface area contributed by atoms with Gasteiger partial charge in [0.2, 0.25) is 0 Å². The van der Waals surface area contributed by atoms with Crippen LogP contribution in [-0.2, 0) is 0 Å². The topological polar surface area (TPSA) is 38.3 Å². The van der Waals surface area contributed by atoms with Crippen LogP contribution in [0, 0.1) is 6.92 Å². The zero-order valence-electron chi connectivity index (χ0n) is 11.4. The molecule has 0 atom stereocenters. The molecule has 2 aromatic carbocycles. The number of rotatable bonds is 5. The predicted octanol–water partition coefficient (Wildman–Crippen LogP) is 3.81. The Bertz CT molecular complexity index is 620. The predicted molar refractivity (Wildman–Crippen MR) is 81.3 cm³/mol. The van der Waals surface area contributed by atoms with E-state index in [1.165, 1.54) is 0 Å². The monoisotopic (exact) mass is 267 g/mol. The van der Waals surface area contributed by atoms with Gasteiger partial charge in [-0.25, -0.2) is 0 Å². The average Bonchev–Trinajstić information content (AvgIpc) is 2.46.